The quantitative estimate of drug-likeness (QED) is 0.741. The highest BCUT2D eigenvalue weighted by Gasteiger charge is 2.24. The number of carbonyl (C=O) groups excluding carboxylic acids is 1. The van der Waals surface area contributed by atoms with Crippen molar-refractivity contribution in [2.75, 3.05) is 11.9 Å². The molecule has 2 unspecified atom stereocenters. The third kappa shape index (κ3) is 4.72. The van der Waals surface area contributed by atoms with Crippen molar-refractivity contribution in [3.63, 3.8) is 0 Å². The molecule has 1 aromatic rings. The maximum Gasteiger partial charge on any atom is 0.328 e. The minimum Gasteiger partial charge on any atom is -0.478 e. The summed E-state index contributed by atoms with van der Waals surface area (Å²) in [6.07, 6.45) is 4.31. The van der Waals surface area contributed by atoms with E-state index in [1.165, 1.54) is 6.08 Å². The minimum absolute atomic E-state index is 0.0489. The highest BCUT2D eigenvalue weighted by molar-refractivity contribution is 5.92. The van der Waals surface area contributed by atoms with E-state index in [9.17, 15) is 9.59 Å². The van der Waals surface area contributed by atoms with Gasteiger partial charge in [0.15, 0.2) is 0 Å². The van der Waals surface area contributed by atoms with Crippen molar-refractivity contribution in [3.8, 4) is 0 Å². The van der Waals surface area contributed by atoms with Gasteiger partial charge in [-0.15, -0.1) is 0 Å². The number of hydrogen-bond acceptors (Lipinski definition) is 3. The molecular weight excluding hydrogens is 268 g/mol. The summed E-state index contributed by atoms with van der Waals surface area (Å²) >= 11 is 0. The van der Waals surface area contributed by atoms with E-state index in [0.29, 0.717) is 6.04 Å². The van der Waals surface area contributed by atoms with Gasteiger partial charge < -0.3 is 15.7 Å². The first kappa shape index (κ1) is 15.3. The van der Waals surface area contributed by atoms with Gasteiger partial charge in [0, 0.05) is 23.7 Å². The lowest BCUT2D eigenvalue weighted by Crippen LogP contribution is -2.40. The fourth-order valence-corrected chi connectivity index (χ4v) is 2.46. The van der Waals surface area contributed by atoms with Crippen LogP contribution in [0.25, 0.3) is 6.08 Å². The van der Waals surface area contributed by atoms with E-state index in [-0.39, 0.29) is 11.8 Å². The first-order valence-electron chi connectivity index (χ1n) is 7.10. The average molecular weight is 288 g/mol. The Balaban J connectivity index is 1.93. The van der Waals surface area contributed by atoms with Crippen molar-refractivity contribution in [2.24, 2.45) is 5.92 Å². The maximum atomic E-state index is 12.2. The summed E-state index contributed by atoms with van der Waals surface area (Å²) in [6.45, 7) is 2.96. The molecule has 112 valence electrons. The van der Waals surface area contributed by atoms with Crippen LogP contribution in [0.3, 0.4) is 0 Å². The maximum absolute atomic E-state index is 12.2. The van der Waals surface area contributed by atoms with Crippen LogP contribution in [0.1, 0.15) is 25.3 Å². The molecule has 0 radical (unpaired) electrons. The van der Waals surface area contributed by atoms with Crippen LogP contribution in [0, 0.1) is 5.92 Å². The number of amides is 1. The molecule has 0 bridgehead atoms. The molecule has 3 N–H and O–H groups in total. The van der Waals surface area contributed by atoms with Gasteiger partial charge in [-0.1, -0.05) is 12.1 Å². The highest BCUT2D eigenvalue weighted by atomic mass is 16.4. The van der Waals surface area contributed by atoms with Gasteiger partial charge in [-0.05, 0) is 50.1 Å². The SMILES string of the molecule is CC1CC(C(=O)Nc2ccc(/C=C/C(=O)O)cc2)CCN1. The summed E-state index contributed by atoms with van der Waals surface area (Å²) in [5.74, 6) is -0.877. The third-order valence-electron chi connectivity index (χ3n) is 3.59. The second-order valence-electron chi connectivity index (χ2n) is 5.36. The van der Waals surface area contributed by atoms with Gasteiger partial charge in [0.05, 0.1) is 0 Å². The van der Waals surface area contributed by atoms with Crippen LogP contribution >= 0.6 is 0 Å². The topological polar surface area (TPSA) is 78.4 Å². The molecule has 1 saturated heterocycles. The lowest BCUT2D eigenvalue weighted by molar-refractivity contribution is -0.131. The van der Waals surface area contributed by atoms with Crippen LogP contribution in [-0.2, 0) is 9.59 Å². The number of anilines is 1. The van der Waals surface area contributed by atoms with Crippen molar-refractivity contribution >= 4 is 23.6 Å². The van der Waals surface area contributed by atoms with Gasteiger partial charge in [-0.3, -0.25) is 4.79 Å². The standard InChI is InChI=1S/C16H20N2O3/c1-11-10-13(8-9-17-11)16(21)18-14-5-2-12(3-6-14)4-7-15(19)20/h2-7,11,13,17H,8-10H2,1H3,(H,18,21)(H,19,20)/b7-4+. The molecule has 2 atom stereocenters. The molecule has 5 nitrogen and oxygen atoms in total. The Hall–Kier alpha value is -2.14. The zero-order chi connectivity index (χ0) is 15.2. The largest absolute Gasteiger partial charge is 0.478 e. The van der Waals surface area contributed by atoms with E-state index >= 15 is 0 Å². The number of piperidine rings is 1. The fraction of sp³-hybridized carbons (Fsp3) is 0.375. The predicted molar refractivity (Wildman–Crippen MR) is 81.9 cm³/mol. The smallest absolute Gasteiger partial charge is 0.328 e. The molecule has 0 saturated carbocycles. The molecule has 1 aliphatic heterocycles. The number of nitrogens with one attached hydrogen (secondary N) is 2. The van der Waals surface area contributed by atoms with Crippen LogP contribution in [0.5, 0.6) is 0 Å². The first-order valence-corrected chi connectivity index (χ1v) is 7.10. The molecule has 1 amide bonds. The van der Waals surface area contributed by atoms with Crippen LogP contribution in [0.2, 0.25) is 0 Å². The molecule has 2 rings (SSSR count). The lowest BCUT2D eigenvalue weighted by Gasteiger charge is -2.27. The van der Waals surface area contributed by atoms with E-state index < -0.39 is 5.97 Å². The number of carbonyl (C=O) groups is 2. The Morgan fingerprint density at radius 2 is 2.05 bits per heavy atom. The van der Waals surface area contributed by atoms with E-state index in [0.717, 1.165) is 36.7 Å². The van der Waals surface area contributed by atoms with E-state index in [4.69, 9.17) is 5.11 Å². The van der Waals surface area contributed by atoms with Crippen LogP contribution < -0.4 is 10.6 Å². The first-order chi connectivity index (χ1) is 10.0. The van der Waals surface area contributed by atoms with Crippen molar-refractivity contribution in [3.05, 3.63) is 35.9 Å². The highest BCUT2D eigenvalue weighted by Crippen LogP contribution is 2.19. The third-order valence-corrected chi connectivity index (χ3v) is 3.59. The molecule has 1 aromatic carbocycles. The molecule has 5 heteroatoms. The second-order valence-corrected chi connectivity index (χ2v) is 5.36. The van der Waals surface area contributed by atoms with Crippen molar-refractivity contribution in [2.45, 2.75) is 25.8 Å². The van der Waals surface area contributed by atoms with Crippen molar-refractivity contribution < 1.29 is 14.7 Å². The molecule has 1 aliphatic rings. The van der Waals surface area contributed by atoms with Crippen LogP contribution in [0.15, 0.2) is 30.3 Å². The Labute approximate surface area is 124 Å². The zero-order valence-corrected chi connectivity index (χ0v) is 12.0. The van der Waals surface area contributed by atoms with Gasteiger partial charge in [-0.25, -0.2) is 4.79 Å². The summed E-state index contributed by atoms with van der Waals surface area (Å²) in [5, 5.41) is 14.8. The Morgan fingerprint density at radius 1 is 1.33 bits per heavy atom. The molecule has 1 fully saturated rings. The number of carboxylic acid groups (broad SMARTS) is 1. The molecule has 21 heavy (non-hydrogen) atoms. The van der Waals surface area contributed by atoms with Crippen LogP contribution in [0.4, 0.5) is 5.69 Å². The number of carboxylic acids is 1. The Kier molecular flexibility index (Phi) is 5.11. The summed E-state index contributed by atoms with van der Waals surface area (Å²) in [7, 11) is 0. The number of hydrogen-bond donors (Lipinski definition) is 3. The van der Waals surface area contributed by atoms with E-state index in [1.54, 1.807) is 24.3 Å². The Bertz CT molecular complexity index is 537. The van der Waals surface area contributed by atoms with Crippen LogP contribution in [-0.4, -0.2) is 29.6 Å². The second kappa shape index (κ2) is 7.04. The molecule has 0 aliphatic carbocycles. The van der Waals surface area contributed by atoms with Gasteiger partial charge >= 0.3 is 5.97 Å². The zero-order valence-electron chi connectivity index (χ0n) is 12.0. The van der Waals surface area contributed by atoms with Crippen molar-refractivity contribution in [1.82, 2.24) is 5.32 Å². The minimum atomic E-state index is -0.979. The Morgan fingerprint density at radius 3 is 2.67 bits per heavy atom. The van der Waals surface area contributed by atoms with Crippen molar-refractivity contribution in [1.29, 1.82) is 0 Å². The van der Waals surface area contributed by atoms with E-state index in [1.807, 2.05) is 0 Å². The lowest BCUT2D eigenvalue weighted by atomic mass is 9.92. The van der Waals surface area contributed by atoms with Gasteiger partial charge in [0.1, 0.15) is 0 Å². The average Bonchev–Trinajstić information content (AvgIpc) is 2.46. The molecule has 0 spiro atoms. The predicted octanol–water partition coefficient (Wildman–Crippen LogP) is 2.11. The number of benzene rings is 1. The van der Waals surface area contributed by atoms with E-state index in [2.05, 4.69) is 17.6 Å². The normalized spacial score (nSPS) is 22.1. The monoisotopic (exact) mass is 288 g/mol. The summed E-state index contributed by atoms with van der Waals surface area (Å²) in [6, 6.07) is 7.49. The molecule has 1 heterocycles. The van der Waals surface area contributed by atoms with Gasteiger partial charge in [0.2, 0.25) is 5.91 Å². The van der Waals surface area contributed by atoms with Gasteiger partial charge in [-0.2, -0.15) is 0 Å². The van der Waals surface area contributed by atoms with Gasteiger partial charge in [0.25, 0.3) is 0 Å². The fourth-order valence-electron chi connectivity index (χ4n) is 2.46. The number of aliphatic carboxylic acids is 1. The molecular formula is C16H20N2O3. The summed E-state index contributed by atoms with van der Waals surface area (Å²) in [4.78, 5) is 22.6. The number of rotatable bonds is 4. The molecule has 0 aromatic heterocycles. The summed E-state index contributed by atoms with van der Waals surface area (Å²) in [5.41, 5.74) is 1.52. The summed E-state index contributed by atoms with van der Waals surface area (Å²) < 4.78 is 0.